The Bertz CT molecular complexity index is 843. The Morgan fingerprint density at radius 3 is 2.76 bits per heavy atom. The van der Waals surface area contributed by atoms with Crippen molar-refractivity contribution in [3.63, 3.8) is 0 Å². The zero-order valence-electron chi connectivity index (χ0n) is 13.1. The van der Waals surface area contributed by atoms with Crippen molar-refractivity contribution >= 4 is 29.1 Å². The summed E-state index contributed by atoms with van der Waals surface area (Å²) >= 11 is 6.06. The standard InChI is InChI=1S/C17H15ClFN5O/c18-12-4-1-5-13(19)16(12)23-15-9-14(11-3-2-6-20-10-11)22-17(24-15)21-7-8-25/h1-6,9-10,25H,7-8H2,(H2,21,22,23,24). The number of halogens is 2. The SMILES string of the molecule is OCCNc1nc(Nc2c(F)cccc2Cl)cc(-c2cccnc2)n1. The van der Waals surface area contributed by atoms with Gasteiger partial charge in [0, 0.05) is 30.6 Å². The number of rotatable bonds is 6. The van der Waals surface area contributed by atoms with Crippen LogP contribution in [0.15, 0.2) is 48.8 Å². The minimum Gasteiger partial charge on any atom is -0.395 e. The molecule has 0 bridgehead atoms. The van der Waals surface area contributed by atoms with Crippen LogP contribution < -0.4 is 10.6 Å². The highest BCUT2D eigenvalue weighted by Gasteiger charge is 2.11. The largest absolute Gasteiger partial charge is 0.395 e. The summed E-state index contributed by atoms with van der Waals surface area (Å²) in [4.78, 5) is 12.7. The van der Waals surface area contributed by atoms with Gasteiger partial charge in [-0.25, -0.2) is 9.37 Å². The second-order valence-electron chi connectivity index (χ2n) is 5.08. The first-order chi connectivity index (χ1) is 12.2. The van der Waals surface area contributed by atoms with Gasteiger partial charge in [-0.15, -0.1) is 0 Å². The Morgan fingerprint density at radius 1 is 1.16 bits per heavy atom. The van der Waals surface area contributed by atoms with Crippen LogP contribution in [0, 0.1) is 5.82 Å². The van der Waals surface area contributed by atoms with Gasteiger partial charge in [0.1, 0.15) is 11.6 Å². The molecule has 128 valence electrons. The lowest BCUT2D eigenvalue weighted by atomic mass is 10.2. The number of pyridine rings is 1. The van der Waals surface area contributed by atoms with E-state index in [-0.39, 0.29) is 23.9 Å². The molecule has 3 N–H and O–H groups in total. The normalized spacial score (nSPS) is 10.5. The highest BCUT2D eigenvalue weighted by Crippen LogP contribution is 2.29. The molecule has 8 heteroatoms. The summed E-state index contributed by atoms with van der Waals surface area (Å²) in [6, 6.07) is 9.73. The summed E-state index contributed by atoms with van der Waals surface area (Å²) in [5.41, 5.74) is 1.51. The molecule has 3 aromatic rings. The Balaban J connectivity index is 2.00. The fraction of sp³-hybridized carbons (Fsp3) is 0.118. The zero-order valence-corrected chi connectivity index (χ0v) is 13.8. The molecule has 25 heavy (non-hydrogen) atoms. The number of anilines is 3. The summed E-state index contributed by atoms with van der Waals surface area (Å²) in [7, 11) is 0. The Kier molecular flexibility index (Phi) is 5.37. The molecule has 0 aliphatic heterocycles. The van der Waals surface area contributed by atoms with E-state index in [9.17, 15) is 4.39 Å². The maximum atomic E-state index is 14.0. The third-order valence-corrected chi connectivity index (χ3v) is 3.61. The van der Waals surface area contributed by atoms with Gasteiger partial charge in [-0.3, -0.25) is 4.98 Å². The van der Waals surface area contributed by atoms with E-state index in [2.05, 4.69) is 25.6 Å². The lowest BCUT2D eigenvalue weighted by molar-refractivity contribution is 0.311. The molecule has 0 saturated carbocycles. The molecular weight excluding hydrogens is 345 g/mol. The number of nitrogens with zero attached hydrogens (tertiary/aromatic N) is 3. The van der Waals surface area contributed by atoms with Crippen molar-refractivity contribution in [1.29, 1.82) is 0 Å². The van der Waals surface area contributed by atoms with Crippen molar-refractivity contribution in [2.75, 3.05) is 23.8 Å². The van der Waals surface area contributed by atoms with Gasteiger partial charge in [0.25, 0.3) is 0 Å². The predicted molar refractivity (Wildman–Crippen MR) is 95.5 cm³/mol. The maximum absolute atomic E-state index is 14.0. The van der Waals surface area contributed by atoms with Crippen LogP contribution in [0.1, 0.15) is 0 Å². The van der Waals surface area contributed by atoms with E-state index in [0.717, 1.165) is 5.56 Å². The molecule has 0 amide bonds. The van der Waals surface area contributed by atoms with Gasteiger partial charge in [-0.05, 0) is 24.3 Å². The Hall–Kier alpha value is -2.77. The van der Waals surface area contributed by atoms with Crippen molar-refractivity contribution in [2.24, 2.45) is 0 Å². The third-order valence-electron chi connectivity index (χ3n) is 3.29. The van der Waals surface area contributed by atoms with Gasteiger partial charge < -0.3 is 15.7 Å². The van der Waals surface area contributed by atoms with Crippen molar-refractivity contribution < 1.29 is 9.50 Å². The Labute approximate surface area is 148 Å². The molecule has 0 aliphatic carbocycles. The number of benzene rings is 1. The monoisotopic (exact) mass is 359 g/mol. The van der Waals surface area contributed by atoms with E-state index in [0.29, 0.717) is 17.5 Å². The van der Waals surface area contributed by atoms with Crippen LogP contribution in [0.4, 0.5) is 21.8 Å². The van der Waals surface area contributed by atoms with Gasteiger partial charge in [-0.1, -0.05) is 17.7 Å². The number of para-hydroxylation sites is 1. The quantitative estimate of drug-likeness (QED) is 0.625. The molecule has 0 unspecified atom stereocenters. The van der Waals surface area contributed by atoms with Crippen molar-refractivity contribution in [1.82, 2.24) is 15.0 Å². The molecule has 0 radical (unpaired) electrons. The number of hydrogen-bond acceptors (Lipinski definition) is 6. The van der Waals surface area contributed by atoms with E-state index >= 15 is 0 Å². The maximum Gasteiger partial charge on any atom is 0.225 e. The zero-order chi connectivity index (χ0) is 17.6. The average molecular weight is 360 g/mol. The predicted octanol–water partition coefficient (Wildman–Crippen LogP) is 3.48. The van der Waals surface area contributed by atoms with Gasteiger partial charge in [0.05, 0.1) is 23.0 Å². The second kappa shape index (κ2) is 7.87. The lowest BCUT2D eigenvalue weighted by Crippen LogP contribution is -2.10. The summed E-state index contributed by atoms with van der Waals surface area (Å²) in [5, 5.41) is 15.0. The van der Waals surface area contributed by atoms with Crippen LogP contribution in [0.5, 0.6) is 0 Å². The molecule has 0 saturated heterocycles. The Morgan fingerprint density at radius 2 is 2.04 bits per heavy atom. The molecule has 0 fully saturated rings. The highest BCUT2D eigenvalue weighted by atomic mass is 35.5. The van der Waals surface area contributed by atoms with Crippen LogP contribution in [0.25, 0.3) is 11.3 Å². The summed E-state index contributed by atoms with van der Waals surface area (Å²) in [6.07, 6.45) is 3.33. The topological polar surface area (TPSA) is 83.0 Å². The molecule has 2 heterocycles. The van der Waals surface area contributed by atoms with Crippen molar-refractivity contribution in [3.8, 4) is 11.3 Å². The average Bonchev–Trinajstić information content (AvgIpc) is 2.64. The second-order valence-corrected chi connectivity index (χ2v) is 5.48. The molecular formula is C17H15ClFN5O. The van der Waals surface area contributed by atoms with Crippen molar-refractivity contribution in [3.05, 3.63) is 59.6 Å². The van der Waals surface area contributed by atoms with Gasteiger partial charge in [0.15, 0.2) is 0 Å². The minimum atomic E-state index is -0.487. The van der Waals surface area contributed by atoms with E-state index in [1.807, 2.05) is 6.07 Å². The van der Waals surface area contributed by atoms with Crippen LogP contribution in [0.3, 0.4) is 0 Å². The minimum absolute atomic E-state index is 0.0671. The number of aliphatic hydroxyl groups is 1. The number of aromatic nitrogens is 3. The lowest BCUT2D eigenvalue weighted by Gasteiger charge is -2.12. The van der Waals surface area contributed by atoms with Gasteiger partial charge in [-0.2, -0.15) is 4.98 Å². The van der Waals surface area contributed by atoms with Crippen molar-refractivity contribution in [2.45, 2.75) is 0 Å². The molecule has 3 rings (SSSR count). The fourth-order valence-electron chi connectivity index (χ4n) is 2.17. The molecule has 2 aromatic heterocycles. The van der Waals surface area contributed by atoms with Crippen LogP contribution in [-0.2, 0) is 0 Å². The first-order valence-corrected chi connectivity index (χ1v) is 7.90. The molecule has 0 atom stereocenters. The first kappa shape index (κ1) is 17.1. The summed E-state index contributed by atoms with van der Waals surface area (Å²) in [6.45, 7) is 0.221. The van der Waals surface area contributed by atoms with Gasteiger partial charge >= 0.3 is 0 Å². The number of hydrogen-bond donors (Lipinski definition) is 3. The van der Waals surface area contributed by atoms with E-state index in [1.165, 1.54) is 12.1 Å². The van der Waals surface area contributed by atoms with E-state index in [4.69, 9.17) is 16.7 Å². The van der Waals surface area contributed by atoms with Crippen LogP contribution >= 0.6 is 11.6 Å². The van der Waals surface area contributed by atoms with Crippen LogP contribution in [-0.4, -0.2) is 33.2 Å². The number of nitrogens with one attached hydrogen (secondary N) is 2. The van der Waals surface area contributed by atoms with Gasteiger partial charge in [0.2, 0.25) is 5.95 Å². The van der Waals surface area contributed by atoms with E-state index < -0.39 is 5.82 Å². The summed E-state index contributed by atoms with van der Waals surface area (Å²) < 4.78 is 14.0. The molecule has 0 spiro atoms. The highest BCUT2D eigenvalue weighted by molar-refractivity contribution is 6.33. The first-order valence-electron chi connectivity index (χ1n) is 7.52. The molecule has 1 aromatic carbocycles. The fourth-order valence-corrected chi connectivity index (χ4v) is 2.38. The van der Waals surface area contributed by atoms with E-state index in [1.54, 1.807) is 30.6 Å². The molecule has 0 aliphatic rings. The third kappa shape index (κ3) is 4.20. The smallest absolute Gasteiger partial charge is 0.225 e. The number of aliphatic hydroxyl groups excluding tert-OH is 1. The van der Waals surface area contributed by atoms with Crippen LogP contribution in [0.2, 0.25) is 5.02 Å². The summed E-state index contributed by atoms with van der Waals surface area (Å²) in [5.74, 6) is 0.172. The molecule has 6 nitrogen and oxygen atoms in total.